The zero-order valence-corrected chi connectivity index (χ0v) is 14.5. The van der Waals surface area contributed by atoms with E-state index in [2.05, 4.69) is 25.7 Å². The quantitative estimate of drug-likeness (QED) is 0.665. The van der Waals surface area contributed by atoms with Gasteiger partial charge in [0.2, 0.25) is 5.95 Å². The molecule has 3 aromatic rings. The van der Waals surface area contributed by atoms with Crippen molar-refractivity contribution in [1.82, 2.24) is 19.7 Å². The second-order valence-corrected chi connectivity index (χ2v) is 5.60. The van der Waals surface area contributed by atoms with Gasteiger partial charge in [0.1, 0.15) is 11.6 Å². The Bertz CT molecular complexity index is 1010. The van der Waals surface area contributed by atoms with Crippen molar-refractivity contribution in [2.75, 3.05) is 17.7 Å². The van der Waals surface area contributed by atoms with Gasteiger partial charge in [0.15, 0.2) is 0 Å². The molecule has 0 spiro atoms. The summed E-state index contributed by atoms with van der Waals surface area (Å²) in [6.07, 6.45) is 0. The molecule has 2 aromatic heterocycles. The van der Waals surface area contributed by atoms with Gasteiger partial charge in [0.25, 0.3) is 5.56 Å². The topological polar surface area (TPSA) is 114 Å². The molecule has 0 saturated heterocycles. The van der Waals surface area contributed by atoms with E-state index in [-0.39, 0.29) is 11.5 Å². The van der Waals surface area contributed by atoms with Gasteiger partial charge in [-0.3, -0.25) is 15.1 Å². The standard InChI is InChI=1S/C17H18N6O3/c1-10-8-15(24)21-16(18-10)23-14(7-11(2)22-23)20-17(25)19-12-5-4-6-13(9-12)26-3/h4-9H,1-3H3,(H,18,21,24)(H2,19,20,25). The Morgan fingerprint density at radius 3 is 2.69 bits per heavy atom. The number of nitrogens with one attached hydrogen (secondary N) is 3. The van der Waals surface area contributed by atoms with Crippen LogP contribution in [0, 0.1) is 13.8 Å². The smallest absolute Gasteiger partial charge is 0.324 e. The number of amides is 2. The number of hydrogen-bond acceptors (Lipinski definition) is 5. The summed E-state index contributed by atoms with van der Waals surface area (Å²) in [5.41, 5.74) is 1.48. The van der Waals surface area contributed by atoms with Gasteiger partial charge < -0.3 is 10.1 Å². The predicted molar refractivity (Wildman–Crippen MR) is 97.1 cm³/mol. The van der Waals surface area contributed by atoms with Crippen LogP contribution in [0.4, 0.5) is 16.3 Å². The van der Waals surface area contributed by atoms with Crippen LogP contribution in [0.15, 0.2) is 41.2 Å². The summed E-state index contributed by atoms with van der Waals surface area (Å²) in [6.45, 7) is 3.48. The van der Waals surface area contributed by atoms with Crippen molar-refractivity contribution >= 4 is 17.5 Å². The highest BCUT2D eigenvalue weighted by molar-refractivity contribution is 5.99. The third kappa shape index (κ3) is 3.89. The minimum absolute atomic E-state index is 0.222. The summed E-state index contributed by atoms with van der Waals surface area (Å²) in [6, 6.07) is 9.57. The van der Waals surface area contributed by atoms with Crippen LogP contribution in [0.5, 0.6) is 5.75 Å². The number of aromatic amines is 1. The van der Waals surface area contributed by atoms with E-state index in [0.717, 1.165) is 0 Å². The fraction of sp³-hybridized carbons (Fsp3) is 0.176. The number of nitrogens with zero attached hydrogens (tertiary/aromatic N) is 3. The molecule has 0 saturated carbocycles. The van der Waals surface area contributed by atoms with E-state index in [1.807, 2.05) is 0 Å². The molecule has 0 fully saturated rings. The monoisotopic (exact) mass is 354 g/mol. The molecule has 2 heterocycles. The number of rotatable bonds is 4. The van der Waals surface area contributed by atoms with E-state index in [9.17, 15) is 9.59 Å². The Morgan fingerprint density at radius 1 is 1.15 bits per heavy atom. The van der Waals surface area contributed by atoms with Crippen molar-refractivity contribution in [3.8, 4) is 11.7 Å². The van der Waals surface area contributed by atoms with Gasteiger partial charge in [-0.15, -0.1) is 0 Å². The Labute approximate surface area is 149 Å². The number of ether oxygens (including phenoxy) is 1. The average molecular weight is 354 g/mol. The lowest BCUT2D eigenvalue weighted by Gasteiger charge is -2.10. The molecular weight excluding hydrogens is 336 g/mol. The number of carbonyl (C=O) groups excluding carboxylic acids is 1. The normalized spacial score (nSPS) is 10.4. The molecular formula is C17H18N6O3. The average Bonchev–Trinajstić information content (AvgIpc) is 2.94. The molecule has 0 atom stereocenters. The molecule has 1 aromatic carbocycles. The number of benzene rings is 1. The number of anilines is 2. The number of methoxy groups -OCH3 is 1. The van der Waals surface area contributed by atoms with E-state index in [1.165, 1.54) is 10.7 Å². The summed E-state index contributed by atoms with van der Waals surface area (Å²) in [5, 5.41) is 9.69. The lowest BCUT2D eigenvalue weighted by atomic mass is 10.3. The van der Waals surface area contributed by atoms with Crippen molar-refractivity contribution in [2.24, 2.45) is 0 Å². The number of aromatic nitrogens is 4. The van der Waals surface area contributed by atoms with Gasteiger partial charge in [0, 0.05) is 29.6 Å². The van der Waals surface area contributed by atoms with Gasteiger partial charge in [0.05, 0.1) is 12.8 Å². The van der Waals surface area contributed by atoms with E-state index >= 15 is 0 Å². The SMILES string of the molecule is COc1cccc(NC(=O)Nc2cc(C)nn2-c2nc(C)cc(=O)[nH]2)c1. The van der Waals surface area contributed by atoms with Gasteiger partial charge in [-0.2, -0.15) is 9.78 Å². The van der Waals surface area contributed by atoms with Crippen LogP contribution in [0.2, 0.25) is 0 Å². The maximum absolute atomic E-state index is 12.3. The van der Waals surface area contributed by atoms with Gasteiger partial charge >= 0.3 is 6.03 Å². The lowest BCUT2D eigenvalue weighted by molar-refractivity contribution is 0.262. The van der Waals surface area contributed by atoms with Crippen molar-refractivity contribution in [3.05, 3.63) is 58.1 Å². The van der Waals surface area contributed by atoms with Crippen LogP contribution in [0.1, 0.15) is 11.4 Å². The zero-order valence-electron chi connectivity index (χ0n) is 14.5. The fourth-order valence-electron chi connectivity index (χ4n) is 2.39. The van der Waals surface area contributed by atoms with Gasteiger partial charge in [-0.25, -0.2) is 9.78 Å². The molecule has 26 heavy (non-hydrogen) atoms. The van der Waals surface area contributed by atoms with Gasteiger partial charge in [-0.1, -0.05) is 6.07 Å². The van der Waals surface area contributed by atoms with Crippen LogP contribution in [0.25, 0.3) is 5.95 Å². The molecule has 9 nitrogen and oxygen atoms in total. The summed E-state index contributed by atoms with van der Waals surface area (Å²) in [7, 11) is 1.55. The summed E-state index contributed by atoms with van der Waals surface area (Å²) >= 11 is 0. The molecule has 134 valence electrons. The first kappa shape index (κ1) is 17.2. The molecule has 0 bridgehead atoms. The molecule has 0 radical (unpaired) electrons. The molecule has 2 amide bonds. The first-order chi connectivity index (χ1) is 12.4. The van der Waals surface area contributed by atoms with E-state index < -0.39 is 6.03 Å². The number of urea groups is 1. The minimum atomic E-state index is -0.464. The molecule has 0 unspecified atom stereocenters. The second kappa shape index (κ2) is 7.09. The molecule has 3 rings (SSSR count). The van der Waals surface area contributed by atoms with Crippen molar-refractivity contribution < 1.29 is 9.53 Å². The minimum Gasteiger partial charge on any atom is -0.497 e. The van der Waals surface area contributed by atoms with Crippen LogP contribution >= 0.6 is 0 Å². The first-order valence-corrected chi connectivity index (χ1v) is 7.81. The largest absolute Gasteiger partial charge is 0.497 e. The van der Waals surface area contributed by atoms with Crippen LogP contribution < -0.4 is 20.9 Å². The number of H-pyrrole nitrogens is 1. The molecule has 3 N–H and O–H groups in total. The highest BCUT2D eigenvalue weighted by atomic mass is 16.5. The summed E-state index contributed by atoms with van der Waals surface area (Å²) < 4.78 is 6.50. The fourth-order valence-corrected chi connectivity index (χ4v) is 2.39. The summed E-state index contributed by atoms with van der Waals surface area (Å²) in [5.74, 6) is 1.22. The van der Waals surface area contributed by atoms with Crippen molar-refractivity contribution in [3.63, 3.8) is 0 Å². The Balaban J connectivity index is 1.83. The van der Waals surface area contributed by atoms with Crippen molar-refractivity contribution in [1.29, 1.82) is 0 Å². The maximum atomic E-state index is 12.3. The Hall–Kier alpha value is -3.62. The lowest BCUT2D eigenvalue weighted by Crippen LogP contribution is -2.22. The van der Waals surface area contributed by atoms with E-state index in [1.54, 1.807) is 51.3 Å². The molecule has 0 aliphatic heterocycles. The van der Waals surface area contributed by atoms with Crippen molar-refractivity contribution in [2.45, 2.75) is 13.8 Å². The third-order valence-electron chi connectivity index (χ3n) is 3.46. The first-order valence-electron chi connectivity index (χ1n) is 7.81. The highest BCUT2D eigenvalue weighted by Gasteiger charge is 2.13. The third-order valence-corrected chi connectivity index (χ3v) is 3.46. The summed E-state index contributed by atoms with van der Waals surface area (Å²) in [4.78, 5) is 30.8. The number of aryl methyl sites for hydroxylation is 2. The Morgan fingerprint density at radius 2 is 1.96 bits per heavy atom. The molecule has 0 aliphatic carbocycles. The van der Waals surface area contributed by atoms with Gasteiger partial charge in [-0.05, 0) is 26.0 Å². The van der Waals surface area contributed by atoms with E-state index in [0.29, 0.717) is 28.6 Å². The number of carbonyl (C=O) groups is 1. The number of hydrogen-bond donors (Lipinski definition) is 3. The Kier molecular flexibility index (Phi) is 4.70. The molecule has 0 aliphatic rings. The van der Waals surface area contributed by atoms with Crippen LogP contribution in [0.3, 0.4) is 0 Å². The van der Waals surface area contributed by atoms with Crippen LogP contribution in [-0.2, 0) is 0 Å². The van der Waals surface area contributed by atoms with E-state index in [4.69, 9.17) is 4.74 Å². The predicted octanol–water partition coefficient (Wildman–Crippen LogP) is 2.23. The second-order valence-electron chi connectivity index (χ2n) is 5.60. The molecule has 9 heteroatoms. The maximum Gasteiger partial charge on any atom is 0.324 e. The zero-order chi connectivity index (χ0) is 18.7. The van der Waals surface area contributed by atoms with Crippen LogP contribution in [-0.4, -0.2) is 32.9 Å². The highest BCUT2D eigenvalue weighted by Crippen LogP contribution is 2.18.